The molecule has 0 amide bonds. The highest BCUT2D eigenvalue weighted by atomic mass is 16.6. The standard InChI is InChI=1S/C15H13N3O4/c1-11(12-4-6-13(19)7-5-12)17-16-10-2-3-14-8-9-15(22-14)18(20)21/h2-10,17,19H,1H2/b3-2+,16-10+. The lowest BCUT2D eigenvalue weighted by molar-refractivity contribution is -0.402. The van der Waals surface area contributed by atoms with Crippen LogP contribution in [0.5, 0.6) is 5.75 Å². The highest BCUT2D eigenvalue weighted by Crippen LogP contribution is 2.16. The Morgan fingerprint density at radius 3 is 2.68 bits per heavy atom. The molecule has 2 N–H and O–H groups in total. The van der Waals surface area contributed by atoms with Crippen LogP contribution >= 0.6 is 0 Å². The van der Waals surface area contributed by atoms with Crippen LogP contribution in [-0.2, 0) is 0 Å². The van der Waals surface area contributed by atoms with E-state index >= 15 is 0 Å². The molecular weight excluding hydrogens is 286 g/mol. The Bertz CT molecular complexity index is 730. The van der Waals surface area contributed by atoms with Crippen molar-refractivity contribution in [2.45, 2.75) is 0 Å². The number of benzene rings is 1. The van der Waals surface area contributed by atoms with Crippen LogP contribution in [0.1, 0.15) is 11.3 Å². The topological polar surface area (TPSA) is 101 Å². The van der Waals surface area contributed by atoms with Gasteiger partial charge >= 0.3 is 5.88 Å². The number of hydrogen-bond acceptors (Lipinski definition) is 6. The molecule has 1 aromatic heterocycles. The number of hydrazone groups is 1. The third kappa shape index (κ3) is 4.07. The molecule has 112 valence electrons. The molecular formula is C15H13N3O4. The number of phenolic OH excluding ortho intramolecular Hbond substituents is 1. The Morgan fingerprint density at radius 2 is 2.05 bits per heavy atom. The minimum absolute atomic E-state index is 0.176. The van der Waals surface area contributed by atoms with Crippen molar-refractivity contribution >= 4 is 23.9 Å². The number of allylic oxidation sites excluding steroid dienone is 1. The van der Waals surface area contributed by atoms with Crippen LogP contribution < -0.4 is 5.43 Å². The van der Waals surface area contributed by atoms with Gasteiger partial charge in [0.2, 0.25) is 0 Å². The fourth-order valence-corrected chi connectivity index (χ4v) is 1.55. The Labute approximate surface area is 126 Å². The number of hydrogen-bond donors (Lipinski definition) is 2. The Morgan fingerprint density at radius 1 is 1.32 bits per heavy atom. The lowest BCUT2D eigenvalue weighted by atomic mass is 10.2. The number of nitro groups is 1. The number of rotatable bonds is 6. The van der Waals surface area contributed by atoms with Gasteiger partial charge in [-0.15, -0.1) is 0 Å². The molecule has 0 unspecified atom stereocenters. The molecule has 7 nitrogen and oxygen atoms in total. The molecule has 0 bridgehead atoms. The molecule has 2 aromatic rings. The lowest BCUT2D eigenvalue weighted by Gasteiger charge is -2.04. The first kappa shape index (κ1) is 15.0. The molecule has 1 aromatic carbocycles. The van der Waals surface area contributed by atoms with E-state index < -0.39 is 4.92 Å². The summed E-state index contributed by atoms with van der Waals surface area (Å²) in [5.74, 6) is 0.224. The summed E-state index contributed by atoms with van der Waals surface area (Å²) in [5, 5.41) is 23.6. The summed E-state index contributed by atoms with van der Waals surface area (Å²) >= 11 is 0. The number of aromatic hydroxyl groups is 1. The third-order valence-electron chi connectivity index (χ3n) is 2.63. The molecule has 2 rings (SSSR count). The first-order chi connectivity index (χ1) is 10.6. The average molecular weight is 299 g/mol. The maximum Gasteiger partial charge on any atom is 0.433 e. The van der Waals surface area contributed by atoms with Gasteiger partial charge in [-0.1, -0.05) is 6.58 Å². The maximum absolute atomic E-state index is 10.4. The molecule has 0 radical (unpaired) electrons. The maximum atomic E-state index is 10.4. The van der Waals surface area contributed by atoms with Crippen LogP contribution in [0.3, 0.4) is 0 Å². The second kappa shape index (κ2) is 6.89. The molecule has 1 heterocycles. The second-order valence-corrected chi connectivity index (χ2v) is 4.21. The van der Waals surface area contributed by atoms with Gasteiger partial charge < -0.3 is 9.52 Å². The Hall–Kier alpha value is -3.35. The average Bonchev–Trinajstić information content (AvgIpc) is 2.96. The third-order valence-corrected chi connectivity index (χ3v) is 2.63. The molecule has 7 heteroatoms. The van der Waals surface area contributed by atoms with Gasteiger partial charge in [0.15, 0.2) is 0 Å². The second-order valence-electron chi connectivity index (χ2n) is 4.21. The first-order valence-electron chi connectivity index (χ1n) is 6.24. The van der Waals surface area contributed by atoms with E-state index in [1.807, 2.05) is 0 Å². The van der Waals surface area contributed by atoms with Gasteiger partial charge in [-0.3, -0.25) is 15.5 Å². The van der Waals surface area contributed by atoms with Crippen LogP contribution in [0.25, 0.3) is 11.8 Å². The van der Waals surface area contributed by atoms with E-state index in [0.29, 0.717) is 11.5 Å². The van der Waals surface area contributed by atoms with Crippen molar-refractivity contribution in [3.8, 4) is 5.75 Å². The van der Waals surface area contributed by atoms with Crippen molar-refractivity contribution in [2.24, 2.45) is 5.10 Å². The van der Waals surface area contributed by atoms with Gasteiger partial charge in [0.05, 0.1) is 11.8 Å². The highest BCUT2D eigenvalue weighted by molar-refractivity contribution is 5.78. The normalized spacial score (nSPS) is 11.1. The Kier molecular flexibility index (Phi) is 4.71. The molecule has 0 aliphatic carbocycles. The fraction of sp³-hybridized carbons (Fsp3) is 0. The van der Waals surface area contributed by atoms with Crippen LogP contribution in [0.2, 0.25) is 0 Å². The number of nitrogens with zero attached hydrogens (tertiary/aromatic N) is 2. The minimum atomic E-state index is -0.603. The SMILES string of the molecule is C=C(N/N=C/C=C/c1ccc([N+](=O)[O-])o1)c1ccc(O)cc1. The van der Waals surface area contributed by atoms with Gasteiger partial charge in [0.25, 0.3) is 0 Å². The summed E-state index contributed by atoms with van der Waals surface area (Å²) in [6, 6.07) is 9.29. The highest BCUT2D eigenvalue weighted by Gasteiger charge is 2.09. The summed E-state index contributed by atoms with van der Waals surface area (Å²) in [6.45, 7) is 3.81. The monoisotopic (exact) mass is 299 g/mol. The van der Waals surface area contributed by atoms with E-state index in [2.05, 4.69) is 17.1 Å². The summed E-state index contributed by atoms with van der Waals surface area (Å²) in [7, 11) is 0. The minimum Gasteiger partial charge on any atom is -0.508 e. The molecule has 22 heavy (non-hydrogen) atoms. The molecule has 0 aliphatic heterocycles. The molecule has 0 aliphatic rings. The number of phenols is 1. The van der Waals surface area contributed by atoms with Gasteiger partial charge in [-0.05, 0) is 48.0 Å². The van der Waals surface area contributed by atoms with Gasteiger partial charge in [-0.25, -0.2) is 0 Å². The zero-order valence-corrected chi connectivity index (χ0v) is 11.5. The molecule has 0 fully saturated rings. The van der Waals surface area contributed by atoms with E-state index in [9.17, 15) is 15.2 Å². The van der Waals surface area contributed by atoms with Crippen molar-refractivity contribution in [3.05, 3.63) is 70.5 Å². The molecule has 0 spiro atoms. The van der Waals surface area contributed by atoms with Gasteiger partial charge in [-0.2, -0.15) is 5.10 Å². The van der Waals surface area contributed by atoms with Crippen LogP contribution in [0.4, 0.5) is 5.88 Å². The Balaban J connectivity index is 1.86. The van der Waals surface area contributed by atoms with Crippen LogP contribution in [-0.4, -0.2) is 16.2 Å². The van der Waals surface area contributed by atoms with E-state index in [1.165, 1.54) is 18.3 Å². The lowest BCUT2D eigenvalue weighted by Crippen LogP contribution is -2.02. The predicted octanol–water partition coefficient (Wildman–Crippen LogP) is 3.15. The summed E-state index contributed by atoms with van der Waals surface area (Å²) in [5.41, 5.74) is 4.09. The van der Waals surface area contributed by atoms with Crippen molar-refractivity contribution < 1.29 is 14.4 Å². The number of furan rings is 1. The fourth-order valence-electron chi connectivity index (χ4n) is 1.55. The van der Waals surface area contributed by atoms with Crippen molar-refractivity contribution in [3.63, 3.8) is 0 Å². The quantitative estimate of drug-likeness (QED) is 0.484. The van der Waals surface area contributed by atoms with Crippen molar-refractivity contribution in [2.75, 3.05) is 0 Å². The predicted molar refractivity (Wildman–Crippen MR) is 83.2 cm³/mol. The zero-order chi connectivity index (χ0) is 15.9. The molecule has 0 saturated heterocycles. The first-order valence-corrected chi connectivity index (χ1v) is 6.24. The summed E-state index contributed by atoms with van der Waals surface area (Å²) in [4.78, 5) is 9.84. The van der Waals surface area contributed by atoms with E-state index in [0.717, 1.165) is 5.56 Å². The van der Waals surface area contributed by atoms with Crippen LogP contribution in [0.15, 0.2) is 58.6 Å². The summed E-state index contributed by atoms with van der Waals surface area (Å²) < 4.78 is 4.94. The van der Waals surface area contributed by atoms with Crippen LogP contribution in [0, 0.1) is 10.1 Å². The molecule has 0 saturated carbocycles. The smallest absolute Gasteiger partial charge is 0.433 e. The van der Waals surface area contributed by atoms with Crippen molar-refractivity contribution in [1.82, 2.24) is 5.43 Å². The van der Waals surface area contributed by atoms with Crippen molar-refractivity contribution in [1.29, 1.82) is 0 Å². The van der Waals surface area contributed by atoms with E-state index in [4.69, 9.17) is 4.42 Å². The van der Waals surface area contributed by atoms with E-state index in [-0.39, 0.29) is 11.6 Å². The zero-order valence-electron chi connectivity index (χ0n) is 11.5. The largest absolute Gasteiger partial charge is 0.508 e. The summed E-state index contributed by atoms with van der Waals surface area (Å²) in [6.07, 6.45) is 4.57. The van der Waals surface area contributed by atoms with E-state index in [1.54, 1.807) is 36.4 Å². The van der Waals surface area contributed by atoms with Gasteiger partial charge in [0.1, 0.15) is 16.4 Å². The molecule has 0 atom stereocenters. The van der Waals surface area contributed by atoms with Gasteiger partial charge in [0, 0.05) is 6.21 Å². The number of nitrogens with one attached hydrogen (secondary N) is 1.